The van der Waals surface area contributed by atoms with Crippen molar-refractivity contribution in [2.24, 2.45) is 0 Å². The number of benzene rings is 2. The van der Waals surface area contributed by atoms with E-state index in [9.17, 15) is 14.7 Å². The van der Waals surface area contributed by atoms with Gasteiger partial charge in [-0.3, -0.25) is 9.59 Å². The quantitative estimate of drug-likeness (QED) is 0.618. The van der Waals surface area contributed by atoms with Crippen LogP contribution in [0, 0.1) is 6.92 Å². The predicted octanol–water partition coefficient (Wildman–Crippen LogP) is 4.72. The predicted molar refractivity (Wildman–Crippen MR) is 111 cm³/mol. The van der Waals surface area contributed by atoms with Crippen molar-refractivity contribution in [3.8, 4) is 0 Å². The highest BCUT2D eigenvalue weighted by Crippen LogP contribution is 2.44. The molecular weight excluding hydrogens is 394 g/mol. The summed E-state index contributed by atoms with van der Waals surface area (Å²) in [6, 6.07) is 18.2. The molecule has 142 valence electrons. The van der Waals surface area contributed by atoms with Crippen LogP contribution in [0.25, 0.3) is 0 Å². The zero-order chi connectivity index (χ0) is 19.9. The Morgan fingerprint density at radius 3 is 2.54 bits per heavy atom. The Bertz CT molecular complexity index is 1080. The van der Waals surface area contributed by atoms with E-state index < -0.39 is 11.5 Å². The van der Waals surface area contributed by atoms with Gasteiger partial charge in [0.2, 0.25) is 0 Å². The maximum Gasteiger partial charge on any atom is 0.264 e. The summed E-state index contributed by atoms with van der Waals surface area (Å²) < 4.78 is 0.495. The molecule has 0 fully saturated rings. The summed E-state index contributed by atoms with van der Waals surface area (Å²) in [5.41, 5.74) is 1.27. The molecule has 4 rings (SSSR count). The molecule has 1 atom stereocenters. The van der Waals surface area contributed by atoms with E-state index in [1.807, 2.05) is 37.3 Å². The second-order valence-electron chi connectivity index (χ2n) is 6.90. The van der Waals surface area contributed by atoms with E-state index in [-0.39, 0.29) is 12.2 Å². The lowest BCUT2D eigenvalue weighted by molar-refractivity contribution is -0.136. The Labute approximate surface area is 172 Å². The fourth-order valence-electron chi connectivity index (χ4n) is 3.58. The molecule has 1 unspecified atom stereocenters. The van der Waals surface area contributed by atoms with E-state index in [1.54, 1.807) is 35.2 Å². The second kappa shape index (κ2) is 7.17. The van der Waals surface area contributed by atoms with Gasteiger partial charge in [-0.15, -0.1) is 11.3 Å². The van der Waals surface area contributed by atoms with Crippen molar-refractivity contribution >= 4 is 40.3 Å². The van der Waals surface area contributed by atoms with Crippen molar-refractivity contribution in [2.45, 2.75) is 25.5 Å². The number of halogens is 1. The number of rotatable bonds is 5. The maximum absolute atomic E-state index is 13.3. The Morgan fingerprint density at radius 1 is 1.11 bits per heavy atom. The molecule has 1 aromatic heterocycles. The van der Waals surface area contributed by atoms with Crippen molar-refractivity contribution in [3.05, 3.63) is 86.6 Å². The number of hydrogen-bond acceptors (Lipinski definition) is 4. The van der Waals surface area contributed by atoms with Crippen molar-refractivity contribution in [1.29, 1.82) is 0 Å². The number of aryl methyl sites for hydroxylation is 1. The number of Topliss-reactive ketones (excluding diaryl/α,β-unsaturated/α-hetero) is 1. The first-order valence-corrected chi connectivity index (χ1v) is 10.1. The van der Waals surface area contributed by atoms with Gasteiger partial charge in [0, 0.05) is 5.56 Å². The minimum atomic E-state index is -1.88. The van der Waals surface area contributed by atoms with Crippen LogP contribution in [0.2, 0.25) is 4.34 Å². The normalized spacial score (nSPS) is 18.4. The van der Waals surface area contributed by atoms with Crippen LogP contribution >= 0.6 is 22.9 Å². The molecule has 0 radical (unpaired) electrons. The van der Waals surface area contributed by atoms with Gasteiger partial charge in [-0.25, -0.2) is 0 Å². The van der Waals surface area contributed by atoms with Crippen molar-refractivity contribution in [2.75, 3.05) is 4.90 Å². The molecule has 2 heterocycles. The number of carbonyl (C=O) groups excluding carboxylic acids is 2. The van der Waals surface area contributed by atoms with Gasteiger partial charge in [-0.05, 0) is 36.2 Å². The second-order valence-corrected chi connectivity index (χ2v) is 8.61. The largest absolute Gasteiger partial charge is 0.375 e. The highest BCUT2D eigenvalue weighted by Gasteiger charge is 2.50. The number of anilines is 1. The molecular formula is C22H18ClNO3S. The fourth-order valence-corrected chi connectivity index (χ4v) is 4.56. The van der Waals surface area contributed by atoms with E-state index in [2.05, 4.69) is 0 Å². The molecule has 0 saturated carbocycles. The lowest BCUT2D eigenvalue weighted by atomic mass is 9.89. The summed E-state index contributed by atoms with van der Waals surface area (Å²) in [4.78, 5) is 28.0. The van der Waals surface area contributed by atoms with Crippen LogP contribution < -0.4 is 4.90 Å². The van der Waals surface area contributed by atoms with Crippen LogP contribution in [0.15, 0.2) is 60.7 Å². The van der Waals surface area contributed by atoms with Crippen LogP contribution in [0.3, 0.4) is 0 Å². The number of nitrogens with zero attached hydrogens (tertiary/aromatic N) is 1. The maximum atomic E-state index is 13.3. The molecule has 28 heavy (non-hydrogen) atoms. The van der Waals surface area contributed by atoms with Crippen LogP contribution in [0.1, 0.15) is 32.8 Å². The number of fused-ring (bicyclic) bond motifs is 1. The molecule has 1 aliphatic rings. The number of ketones is 1. The average molecular weight is 412 g/mol. The summed E-state index contributed by atoms with van der Waals surface area (Å²) in [7, 11) is 0. The molecule has 3 aromatic rings. The Hall–Kier alpha value is -2.47. The lowest BCUT2D eigenvalue weighted by Crippen LogP contribution is -2.41. The van der Waals surface area contributed by atoms with Crippen LogP contribution in [0.4, 0.5) is 5.69 Å². The summed E-state index contributed by atoms with van der Waals surface area (Å²) >= 11 is 7.07. The topological polar surface area (TPSA) is 57.6 Å². The monoisotopic (exact) mass is 411 g/mol. The van der Waals surface area contributed by atoms with Gasteiger partial charge >= 0.3 is 0 Å². The van der Waals surface area contributed by atoms with Gasteiger partial charge in [0.1, 0.15) is 0 Å². The number of hydrogen-bond donors (Lipinski definition) is 1. The number of thiophene rings is 1. The molecule has 2 aromatic carbocycles. The molecule has 1 aliphatic heterocycles. The SMILES string of the molecule is Cc1ccccc1CN1C(=O)C(O)(CC(=O)c2ccc(Cl)s2)c2ccccc21. The summed E-state index contributed by atoms with van der Waals surface area (Å²) in [6.07, 6.45) is -0.316. The average Bonchev–Trinajstić information content (AvgIpc) is 3.20. The first kappa shape index (κ1) is 18.9. The zero-order valence-corrected chi connectivity index (χ0v) is 16.8. The third-order valence-electron chi connectivity index (χ3n) is 5.09. The first-order valence-electron chi connectivity index (χ1n) is 8.87. The minimum absolute atomic E-state index is 0.305. The van der Waals surface area contributed by atoms with Crippen LogP contribution in [-0.4, -0.2) is 16.8 Å². The molecule has 0 aliphatic carbocycles. The van der Waals surface area contributed by atoms with Crippen molar-refractivity contribution < 1.29 is 14.7 Å². The molecule has 0 saturated heterocycles. The Morgan fingerprint density at radius 2 is 1.82 bits per heavy atom. The van der Waals surface area contributed by atoms with Crippen molar-refractivity contribution in [3.63, 3.8) is 0 Å². The minimum Gasteiger partial charge on any atom is -0.375 e. The third kappa shape index (κ3) is 3.15. The van der Waals surface area contributed by atoms with Gasteiger partial charge in [-0.2, -0.15) is 0 Å². The summed E-state index contributed by atoms with van der Waals surface area (Å²) in [6.45, 7) is 2.32. The first-order chi connectivity index (χ1) is 13.4. The summed E-state index contributed by atoms with van der Waals surface area (Å²) in [5, 5.41) is 11.3. The van der Waals surface area contributed by atoms with E-state index in [0.29, 0.717) is 27.0 Å². The number of amides is 1. The molecule has 1 amide bonds. The lowest BCUT2D eigenvalue weighted by Gasteiger charge is -2.23. The fraction of sp³-hybridized carbons (Fsp3) is 0.182. The van der Waals surface area contributed by atoms with Crippen molar-refractivity contribution in [1.82, 2.24) is 0 Å². The highest BCUT2D eigenvalue weighted by atomic mass is 35.5. The molecule has 0 spiro atoms. The van der Waals surface area contributed by atoms with Gasteiger partial charge in [0.15, 0.2) is 11.4 Å². The van der Waals surface area contributed by atoms with Crippen LogP contribution in [-0.2, 0) is 16.9 Å². The zero-order valence-electron chi connectivity index (χ0n) is 15.2. The molecule has 0 bridgehead atoms. The number of para-hydroxylation sites is 1. The van der Waals surface area contributed by atoms with Gasteiger partial charge in [-0.1, -0.05) is 54.1 Å². The molecule has 6 heteroatoms. The standard InChI is InChI=1S/C22H18ClNO3S/c1-14-6-2-3-7-15(14)13-24-17-9-5-4-8-16(17)22(27,21(24)26)12-18(25)19-10-11-20(23)28-19/h2-11,27H,12-13H2,1H3. The Balaban J connectivity index is 1.70. The van der Waals surface area contributed by atoms with E-state index in [4.69, 9.17) is 11.6 Å². The van der Waals surface area contributed by atoms with Crippen LogP contribution in [0.5, 0.6) is 0 Å². The number of aliphatic hydroxyl groups is 1. The summed E-state index contributed by atoms with van der Waals surface area (Å²) in [5.74, 6) is -0.784. The van der Waals surface area contributed by atoms with Gasteiger partial charge < -0.3 is 10.0 Å². The number of carbonyl (C=O) groups is 2. The van der Waals surface area contributed by atoms with Gasteiger partial charge in [0.05, 0.1) is 27.9 Å². The van der Waals surface area contributed by atoms with E-state index in [1.165, 1.54) is 0 Å². The van der Waals surface area contributed by atoms with E-state index >= 15 is 0 Å². The molecule has 1 N–H and O–H groups in total. The smallest absolute Gasteiger partial charge is 0.264 e. The third-order valence-corrected chi connectivity index (χ3v) is 6.37. The van der Waals surface area contributed by atoms with Gasteiger partial charge in [0.25, 0.3) is 5.91 Å². The van der Waals surface area contributed by atoms with E-state index in [0.717, 1.165) is 22.5 Å². The highest BCUT2D eigenvalue weighted by molar-refractivity contribution is 7.18. The molecule has 4 nitrogen and oxygen atoms in total. The Kier molecular flexibility index (Phi) is 4.83.